The minimum Gasteiger partial charge on any atom is -0.497 e. The van der Waals surface area contributed by atoms with Crippen LogP contribution in [0.4, 0.5) is 5.69 Å². The van der Waals surface area contributed by atoms with Crippen molar-refractivity contribution in [1.82, 2.24) is 10.6 Å². The highest BCUT2D eigenvalue weighted by Crippen LogP contribution is 2.16. The molecule has 0 saturated heterocycles. The van der Waals surface area contributed by atoms with Gasteiger partial charge in [0.25, 0.3) is 5.91 Å². The first-order valence-electron chi connectivity index (χ1n) is 9.83. The predicted molar refractivity (Wildman–Crippen MR) is 135 cm³/mol. The van der Waals surface area contributed by atoms with Gasteiger partial charge in [0, 0.05) is 19.3 Å². The first kappa shape index (κ1) is 25.1. The summed E-state index contributed by atoms with van der Waals surface area (Å²) in [7, 11) is 3.34. The smallest absolute Gasteiger partial charge is 0.291 e. The molecule has 3 N–H and O–H groups in total. The van der Waals surface area contributed by atoms with Crippen LogP contribution in [0.15, 0.2) is 76.3 Å². The van der Waals surface area contributed by atoms with E-state index in [1.807, 2.05) is 48.5 Å². The van der Waals surface area contributed by atoms with Gasteiger partial charge in [0.2, 0.25) is 0 Å². The van der Waals surface area contributed by atoms with Gasteiger partial charge in [-0.1, -0.05) is 12.1 Å². The Bertz CT molecular complexity index is 991. The molecular formula is C23H27IN4O4. The fourth-order valence-corrected chi connectivity index (χ4v) is 2.78. The van der Waals surface area contributed by atoms with Gasteiger partial charge in [0.15, 0.2) is 11.7 Å². The van der Waals surface area contributed by atoms with Crippen LogP contribution >= 0.6 is 24.0 Å². The fraction of sp³-hybridized carbons (Fsp3) is 0.217. The highest BCUT2D eigenvalue weighted by atomic mass is 127. The Labute approximate surface area is 204 Å². The first-order valence-corrected chi connectivity index (χ1v) is 9.83. The molecule has 9 heteroatoms. The van der Waals surface area contributed by atoms with Crippen molar-refractivity contribution in [3.8, 4) is 11.5 Å². The Morgan fingerprint density at radius 1 is 1.03 bits per heavy atom. The minimum absolute atomic E-state index is 0. The maximum Gasteiger partial charge on any atom is 0.291 e. The molecule has 32 heavy (non-hydrogen) atoms. The summed E-state index contributed by atoms with van der Waals surface area (Å²) in [6.45, 7) is 1.62. The number of methoxy groups -OCH3 is 1. The molecule has 170 valence electrons. The molecule has 0 spiro atoms. The van der Waals surface area contributed by atoms with Gasteiger partial charge in [-0.05, 0) is 54.1 Å². The largest absolute Gasteiger partial charge is 0.497 e. The molecular weight excluding hydrogens is 523 g/mol. The highest BCUT2D eigenvalue weighted by molar-refractivity contribution is 14.0. The Morgan fingerprint density at radius 2 is 1.81 bits per heavy atom. The van der Waals surface area contributed by atoms with E-state index in [9.17, 15) is 4.79 Å². The third-order valence-electron chi connectivity index (χ3n) is 4.34. The van der Waals surface area contributed by atoms with E-state index < -0.39 is 0 Å². The van der Waals surface area contributed by atoms with Crippen molar-refractivity contribution < 1.29 is 18.7 Å². The van der Waals surface area contributed by atoms with E-state index in [-0.39, 0.29) is 35.6 Å². The molecule has 3 rings (SSSR count). The molecule has 0 unspecified atom stereocenters. The second kappa shape index (κ2) is 13.3. The van der Waals surface area contributed by atoms with Gasteiger partial charge in [0.05, 0.1) is 19.9 Å². The van der Waals surface area contributed by atoms with Gasteiger partial charge in [-0.2, -0.15) is 0 Å². The summed E-state index contributed by atoms with van der Waals surface area (Å²) in [6, 6.07) is 18.3. The van der Waals surface area contributed by atoms with Crippen LogP contribution in [0.25, 0.3) is 0 Å². The van der Waals surface area contributed by atoms with Crippen LogP contribution in [0, 0.1) is 0 Å². The molecule has 3 aromatic rings. The zero-order chi connectivity index (χ0) is 21.9. The number of halogens is 1. The highest BCUT2D eigenvalue weighted by Gasteiger charge is 2.09. The molecule has 0 aliphatic heterocycles. The van der Waals surface area contributed by atoms with Gasteiger partial charge >= 0.3 is 0 Å². The lowest BCUT2D eigenvalue weighted by Gasteiger charge is -2.13. The minimum atomic E-state index is -0.288. The average molecular weight is 550 g/mol. The lowest BCUT2D eigenvalue weighted by Crippen LogP contribution is -2.38. The van der Waals surface area contributed by atoms with Gasteiger partial charge in [-0.3, -0.25) is 9.79 Å². The number of guanidine groups is 1. The summed E-state index contributed by atoms with van der Waals surface area (Å²) in [6.07, 6.45) is 1.47. The summed E-state index contributed by atoms with van der Waals surface area (Å²) in [5, 5.41) is 9.27. The quantitative estimate of drug-likeness (QED) is 0.162. The molecule has 0 radical (unpaired) electrons. The van der Waals surface area contributed by atoms with Crippen LogP contribution in [0.5, 0.6) is 11.5 Å². The second-order valence-corrected chi connectivity index (χ2v) is 6.51. The Kier molecular flexibility index (Phi) is 10.4. The molecule has 0 aliphatic carbocycles. The first-order chi connectivity index (χ1) is 15.2. The third-order valence-corrected chi connectivity index (χ3v) is 4.34. The van der Waals surface area contributed by atoms with Gasteiger partial charge in [-0.15, -0.1) is 24.0 Å². The lowest BCUT2D eigenvalue weighted by atomic mass is 10.2. The molecule has 2 aromatic carbocycles. The standard InChI is InChI=1S/C23H26N4O4.HI/c1-24-23(25-12-14-30-20-10-8-19(29-2)9-11-20)26-16-17-5-3-6-18(15-17)27-22(28)21-7-4-13-31-21;/h3-11,13,15H,12,14,16H2,1-2H3,(H,27,28)(H2,24,25,26);1H. The fourth-order valence-electron chi connectivity index (χ4n) is 2.78. The number of hydrogen-bond acceptors (Lipinski definition) is 5. The summed E-state index contributed by atoms with van der Waals surface area (Å²) in [4.78, 5) is 16.3. The summed E-state index contributed by atoms with van der Waals surface area (Å²) >= 11 is 0. The van der Waals surface area contributed by atoms with E-state index in [0.29, 0.717) is 31.3 Å². The number of carbonyl (C=O) groups excluding carboxylic acids is 1. The molecule has 1 heterocycles. The van der Waals surface area contributed by atoms with Crippen LogP contribution < -0.4 is 25.4 Å². The Hall–Kier alpha value is -3.21. The van der Waals surface area contributed by atoms with E-state index in [2.05, 4.69) is 20.9 Å². The molecule has 0 aliphatic rings. The van der Waals surface area contributed by atoms with Crippen molar-refractivity contribution in [3.63, 3.8) is 0 Å². The lowest BCUT2D eigenvalue weighted by molar-refractivity contribution is 0.0996. The number of carbonyl (C=O) groups is 1. The van der Waals surface area contributed by atoms with Gasteiger partial charge in [-0.25, -0.2) is 0 Å². The number of rotatable bonds is 9. The van der Waals surface area contributed by atoms with Crippen molar-refractivity contribution in [3.05, 3.63) is 78.3 Å². The van der Waals surface area contributed by atoms with Crippen molar-refractivity contribution in [2.45, 2.75) is 6.54 Å². The van der Waals surface area contributed by atoms with E-state index in [1.54, 1.807) is 26.3 Å². The van der Waals surface area contributed by atoms with Crippen molar-refractivity contribution in [2.75, 3.05) is 32.6 Å². The Morgan fingerprint density at radius 3 is 2.50 bits per heavy atom. The van der Waals surface area contributed by atoms with E-state index in [0.717, 1.165) is 17.1 Å². The average Bonchev–Trinajstić information content (AvgIpc) is 3.34. The summed E-state index contributed by atoms with van der Waals surface area (Å²) in [5.74, 6) is 2.21. The van der Waals surface area contributed by atoms with Crippen LogP contribution in [-0.2, 0) is 6.54 Å². The number of aliphatic imine (C=N–C) groups is 1. The maximum absolute atomic E-state index is 12.1. The van der Waals surface area contributed by atoms with E-state index in [1.165, 1.54) is 6.26 Å². The number of ether oxygens (including phenoxy) is 2. The van der Waals surface area contributed by atoms with Crippen molar-refractivity contribution >= 4 is 41.5 Å². The topological polar surface area (TPSA) is 97.1 Å². The molecule has 0 fully saturated rings. The molecule has 1 aromatic heterocycles. The van der Waals surface area contributed by atoms with Crippen LogP contribution in [-0.4, -0.2) is 39.2 Å². The Balaban J connectivity index is 0.00000363. The second-order valence-electron chi connectivity index (χ2n) is 6.51. The van der Waals surface area contributed by atoms with Gasteiger partial charge < -0.3 is 29.8 Å². The monoisotopic (exact) mass is 550 g/mol. The summed E-state index contributed by atoms with van der Waals surface area (Å²) < 4.78 is 15.9. The molecule has 1 amide bonds. The van der Waals surface area contributed by atoms with E-state index >= 15 is 0 Å². The number of amides is 1. The zero-order valence-electron chi connectivity index (χ0n) is 18.0. The number of nitrogens with one attached hydrogen (secondary N) is 3. The van der Waals surface area contributed by atoms with Crippen LogP contribution in [0.3, 0.4) is 0 Å². The molecule has 0 bridgehead atoms. The van der Waals surface area contributed by atoms with E-state index in [4.69, 9.17) is 13.9 Å². The van der Waals surface area contributed by atoms with Gasteiger partial charge in [0.1, 0.15) is 18.1 Å². The predicted octanol–water partition coefficient (Wildman–Crippen LogP) is 3.90. The third kappa shape index (κ3) is 7.80. The maximum atomic E-state index is 12.1. The number of anilines is 1. The molecule has 0 saturated carbocycles. The summed E-state index contributed by atoms with van der Waals surface area (Å²) in [5.41, 5.74) is 1.69. The number of nitrogens with zero attached hydrogens (tertiary/aromatic N) is 1. The van der Waals surface area contributed by atoms with Crippen molar-refractivity contribution in [2.24, 2.45) is 4.99 Å². The van der Waals surface area contributed by atoms with Crippen molar-refractivity contribution in [1.29, 1.82) is 0 Å². The number of furan rings is 1. The number of hydrogen-bond donors (Lipinski definition) is 3. The van der Waals surface area contributed by atoms with Crippen LogP contribution in [0.1, 0.15) is 16.1 Å². The molecule has 0 atom stereocenters. The normalized spacial score (nSPS) is 10.6. The van der Waals surface area contributed by atoms with Crippen LogP contribution in [0.2, 0.25) is 0 Å². The SMILES string of the molecule is CN=C(NCCOc1ccc(OC)cc1)NCc1cccc(NC(=O)c2ccco2)c1.I. The zero-order valence-corrected chi connectivity index (χ0v) is 20.3. The number of benzene rings is 2. The molecule has 8 nitrogen and oxygen atoms in total.